The molecule has 2 aromatic carbocycles. The Balaban J connectivity index is 1.82. The van der Waals surface area contributed by atoms with Crippen LogP contribution >= 0.6 is 15.9 Å². The highest BCUT2D eigenvalue weighted by Crippen LogP contribution is 2.34. The Morgan fingerprint density at radius 2 is 1.78 bits per heavy atom. The minimum absolute atomic E-state index is 0.0695. The van der Waals surface area contributed by atoms with E-state index >= 15 is 0 Å². The second-order valence-corrected chi connectivity index (χ2v) is 10.1. The number of rotatable bonds is 5. The molecule has 1 atom stereocenters. The summed E-state index contributed by atoms with van der Waals surface area (Å²) in [6.45, 7) is 13.0. The Kier molecular flexibility index (Phi) is 8.38. The predicted octanol–water partition coefficient (Wildman–Crippen LogP) is 5.73. The fourth-order valence-corrected chi connectivity index (χ4v) is 4.23. The van der Waals surface area contributed by atoms with Gasteiger partial charge in [-0.05, 0) is 55.3 Å². The van der Waals surface area contributed by atoms with Gasteiger partial charge in [-0.2, -0.15) is 0 Å². The first-order valence-corrected chi connectivity index (χ1v) is 12.0. The number of hydrogen-bond donors (Lipinski definition) is 2. The number of methoxy groups -OCH3 is 1. The number of benzene rings is 2. The van der Waals surface area contributed by atoms with Gasteiger partial charge in [-0.25, -0.2) is 18.4 Å². The number of amides is 3. The van der Waals surface area contributed by atoms with Crippen LogP contribution in [0.25, 0.3) is 4.85 Å². The summed E-state index contributed by atoms with van der Waals surface area (Å²) in [6.07, 6.45) is -0.140. The molecule has 196 valence electrons. The van der Waals surface area contributed by atoms with Crippen LogP contribution < -0.4 is 15.4 Å². The Labute approximate surface area is 221 Å². The first-order chi connectivity index (χ1) is 17.3. The topological polar surface area (TPSA) is 101 Å². The lowest BCUT2D eigenvalue weighted by Crippen LogP contribution is -2.36. The van der Waals surface area contributed by atoms with E-state index in [0.717, 1.165) is 19.2 Å². The highest BCUT2D eigenvalue weighted by atomic mass is 79.9. The monoisotopic (exact) mass is 578 g/mol. The van der Waals surface area contributed by atoms with Crippen LogP contribution in [-0.2, 0) is 9.53 Å². The molecule has 0 bridgehead atoms. The maximum Gasteiger partial charge on any atom is 0.410 e. The van der Waals surface area contributed by atoms with Gasteiger partial charge in [0.25, 0.3) is 5.91 Å². The number of ether oxygens (including phenoxy) is 2. The molecule has 37 heavy (non-hydrogen) atoms. The summed E-state index contributed by atoms with van der Waals surface area (Å²) in [5.74, 6) is -4.46. The van der Waals surface area contributed by atoms with E-state index in [1.165, 1.54) is 17.0 Å². The van der Waals surface area contributed by atoms with E-state index in [4.69, 9.17) is 11.3 Å². The molecule has 12 heteroatoms. The van der Waals surface area contributed by atoms with Crippen LogP contribution in [0.1, 0.15) is 37.6 Å². The van der Waals surface area contributed by atoms with Gasteiger partial charge in [0, 0.05) is 35.4 Å². The molecule has 3 rings (SSSR count). The molecule has 1 unspecified atom stereocenters. The summed E-state index contributed by atoms with van der Waals surface area (Å²) < 4.78 is 38.4. The van der Waals surface area contributed by atoms with Crippen molar-refractivity contribution in [1.29, 1.82) is 0 Å². The van der Waals surface area contributed by atoms with Gasteiger partial charge >= 0.3 is 6.09 Å². The van der Waals surface area contributed by atoms with Crippen molar-refractivity contribution in [3.8, 4) is 5.75 Å². The van der Waals surface area contributed by atoms with Gasteiger partial charge < -0.3 is 25.0 Å². The third-order valence-electron chi connectivity index (χ3n) is 5.37. The van der Waals surface area contributed by atoms with E-state index in [9.17, 15) is 23.2 Å². The van der Waals surface area contributed by atoms with Crippen molar-refractivity contribution in [3.05, 3.63) is 57.4 Å². The van der Waals surface area contributed by atoms with Gasteiger partial charge in [0.1, 0.15) is 5.60 Å². The molecular formula is C25H25BrF2N4O5. The van der Waals surface area contributed by atoms with Gasteiger partial charge in [0.15, 0.2) is 23.1 Å². The maximum atomic E-state index is 14.1. The average Bonchev–Trinajstić information content (AvgIpc) is 3.29. The number of carbonyl (C=O) groups is 3. The number of halogens is 3. The summed E-state index contributed by atoms with van der Waals surface area (Å²) >= 11 is 3.28. The third-order valence-corrected chi connectivity index (χ3v) is 5.99. The maximum absolute atomic E-state index is 14.1. The zero-order valence-corrected chi connectivity index (χ0v) is 22.2. The Morgan fingerprint density at radius 1 is 1.14 bits per heavy atom. The number of likely N-dealkylation sites (tertiary alicyclic amines) is 1. The Morgan fingerprint density at radius 3 is 2.35 bits per heavy atom. The lowest BCUT2D eigenvalue weighted by Gasteiger charge is -2.24. The van der Waals surface area contributed by atoms with E-state index in [2.05, 4.69) is 36.1 Å². The summed E-state index contributed by atoms with van der Waals surface area (Å²) in [5.41, 5.74) is -0.803. The zero-order valence-electron chi connectivity index (χ0n) is 20.6. The Hall–Kier alpha value is -3.72. The largest absolute Gasteiger partial charge is 0.491 e. The van der Waals surface area contributed by atoms with Gasteiger partial charge in [0.2, 0.25) is 5.91 Å². The normalized spacial score (nSPS) is 15.1. The highest BCUT2D eigenvalue weighted by Gasteiger charge is 2.34. The molecule has 1 fully saturated rings. The molecule has 3 amide bonds. The van der Waals surface area contributed by atoms with Crippen molar-refractivity contribution in [3.63, 3.8) is 0 Å². The van der Waals surface area contributed by atoms with Crippen molar-refractivity contribution in [2.24, 2.45) is 5.92 Å². The van der Waals surface area contributed by atoms with E-state index in [-0.39, 0.29) is 33.6 Å². The van der Waals surface area contributed by atoms with E-state index in [1.807, 2.05) is 0 Å². The summed E-state index contributed by atoms with van der Waals surface area (Å²) in [7, 11) is 1.11. The zero-order chi connectivity index (χ0) is 27.5. The molecule has 1 aliphatic heterocycles. The molecule has 1 aliphatic rings. The first kappa shape index (κ1) is 27.9. The van der Waals surface area contributed by atoms with Crippen LogP contribution in [0, 0.1) is 24.1 Å². The second kappa shape index (κ2) is 11.1. The first-order valence-electron chi connectivity index (χ1n) is 11.2. The molecule has 9 nitrogen and oxygen atoms in total. The molecule has 2 N–H and O–H groups in total. The molecule has 1 heterocycles. The number of nitrogens with one attached hydrogen (secondary N) is 2. The summed E-state index contributed by atoms with van der Waals surface area (Å²) in [5, 5.41) is 5.07. The van der Waals surface area contributed by atoms with Crippen molar-refractivity contribution < 1.29 is 32.6 Å². The van der Waals surface area contributed by atoms with Crippen LogP contribution in [0.15, 0.2) is 28.7 Å². The van der Waals surface area contributed by atoms with Crippen molar-refractivity contribution in [2.75, 3.05) is 30.8 Å². The van der Waals surface area contributed by atoms with Crippen molar-refractivity contribution in [1.82, 2.24) is 4.90 Å². The Bertz CT molecular complexity index is 1270. The van der Waals surface area contributed by atoms with Gasteiger partial charge in [0.05, 0.1) is 30.9 Å². The molecule has 2 aromatic rings. The van der Waals surface area contributed by atoms with Crippen molar-refractivity contribution >= 4 is 50.9 Å². The molecule has 0 aromatic heterocycles. The third kappa shape index (κ3) is 6.74. The molecule has 0 radical (unpaired) electrons. The van der Waals surface area contributed by atoms with Gasteiger partial charge in [-0.1, -0.05) is 0 Å². The van der Waals surface area contributed by atoms with Crippen LogP contribution in [0.2, 0.25) is 0 Å². The summed E-state index contributed by atoms with van der Waals surface area (Å²) in [6, 6.07) is 4.44. The van der Waals surface area contributed by atoms with Crippen LogP contribution in [-0.4, -0.2) is 48.6 Å². The minimum atomic E-state index is -1.02. The molecule has 0 spiro atoms. The minimum Gasteiger partial charge on any atom is -0.491 e. The fraction of sp³-hybridized carbons (Fsp3) is 0.360. The molecule has 0 saturated carbocycles. The van der Waals surface area contributed by atoms with Crippen LogP contribution in [0.3, 0.4) is 0 Å². The second-order valence-electron chi connectivity index (χ2n) is 9.29. The number of hydrogen-bond acceptors (Lipinski definition) is 5. The fourth-order valence-electron chi connectivity index (χ4n) is 3.68. The molecule has 0 aliphatic carbocycles. The lowest BCUT2D eigenvalue weighted by molar-refractivity contribution is -0.119. The SMILES string of the molecule is [C-]#[N+]c1cc(Br)c(NC(=O)C2CCN(C(=O)OC(C)(C)C)C2)c(C(=O)Nc2cc(F)c(OC)c(F)c2)c1. The van der Waals surface area contributed by atoms with Gasteiger partial charge in [-0.15, -0.1) is 0 Å². The standard InChI is InChI=1S/C25H25BrF2N4O5/c1-25(2,3)37-24(35)32-7-6-13(12-32)22(33)31-20-16(8-14(29-4)9-17(20)26)23(34)30-15-10-18(27)21(36-5)19(28)11-15/h8-11,13H,6-7,12H2,1-3,5H3,(H,30,34)(H,31,33). The quantitative estimate of drug-likeness (QED) is 0.441. The predicted molar refractivity (Wildman–Crippen MR) is 136 cm³/mol. The van der Waals surface area contributed by atoms with Crippen LogP contribution in [0.4, 0.5) is 30.6 Å². The number of anilines is 2. The van der Waals surface area contributed by atoms with Gasteiger partial charge in [-0.3, -0.25) is 9.59 Å². The number of nitrogens with zero attached hydrogens (tertiary/aromatic N) is 2. The highest BCUT2D eigenvalue weighted by molar-refractivity contribution is 9.10. The van der Waals surface area contributed by atoms with E-state index in [1.54, 1.807) is 20.8 Å². The summed E-state index contributed by atoms with van der Waals surface area (Å²) in [4.78, 5) is 43.2. The number of carbonyl (C=O) groups excluding carboxylic acids is 3. The van der Waals surface area contributed by atoms with E-state index < -0.39 is 46.8 Å². The smallest absolute Gasteiger partial charge is 0.410 e. The molecular weight excluding hydrogens is 554 g/mol. The van der Waals surface area contributed by atoms with E-state index in [0.29, 0.717) is 13.0 Å². The van der Waals surface area contributed by atoms with Crippen molar-refractivity contribution in [2.45, 2.75) is 32.8 Å². The lowest BCUT2D eigenvalue weighted by atomic mass is 10.1. The molecule has 1 saturated heterocycles. The average molecular weight is 579 g/mol. The van der Waals surface area contributed by atoms with Crippen LogP contribution in [0.5, 0.6) is 5.75 Å².